The molecule has 0 radical (unpaired) electrons. The van der Waals surface area contributed by atoms with Crippen LogP contribution in [0.1, 0.15) is 10.4 Å². The van der Waals surface area contributed by atoms with Gasteiger partial charge in [-0.2, -0.15) is 26.3 Å². The van der Waals surface area contributed by atoms with Gasteiger partial charge in [-0.15, -0.1) is 0 Å². The molecule has 1 aliphatic heterocycles. The second-order valence-electron chi connectivity index (χ2n) is 7.45. The Bertz CT molecular complexity index is 1290. The molecule has 0 bridgehead atoms. The molecule has 0 unspecified atom stereocenters. The van der Waals surface area contributed by atoms with Crippen molar-refractivity contribution in [1.29, 1.82) is 0 Å². The number of carbonyl (C=O) groups is 3. The minimum Gasteiger partial charge on any atom is -0.475 e. The van der Waals surface area contributed by atoms with Crippen LogP contribution in [0.2, 0.25) is 5.02 Å². The number of alkyl halides is 6. The topological polar surface area (TPSA) is 150 Å². The van der Waals surface area contributed by atoms with Gasteiger partial charge in [-0.05, 0) is 30.3 Å². The fourth-order valence-corrected chi connectivity index (χ4v) is 3.78. The van der Waals surface area contributed by atoms with E-state index in [4.69, 9.17) is 37.1 Å². The first-order valence-electron chi connectivity index (χ1n) is 10.4. The van der Waals surface area contributed by atoms with E-state index in [0.717, 1.165) is 29.1 Å². The Kier molecular flexibility index (Phi) is 10.3. The van der Waals surface area contributed by atoms with E-state index < -0.39 is 24.3 Å². The van der Waals surface area contributed by atoms with Crippen molar-refractivity contribution in [3.63, 3.8) is 0 Å². The number of amides is 1. The first-order chi connectivity index (χ1) is 18.0. The molecule has 0 atom stereocenters. The van der Waals surface area contributed by atoms with E-state index in [1.165, 1.54) is 11.3 Å². The molecule has 1 aromatic carbocycles. The second kappa shape index (κ2) is 12.8. The lowest BCUT2D eigenvalue weighted by Gasteiger charge is -2.35. The molecule has 1 aliphatic rings. The van der Waals surface area contributed by atoms with Crippen molar-refractivity contribution >= 4 is 61.9 Å². The van der Waals surface area contributed by atoms with Crippen molar-refractivity contribution in [1.82, 2.24) is 14.9 Å². The monoisotopic (exact) mass is 601 g/mol. The van der Waals surface area contributed by atoms with Gasteiger partial charge in [-0.1, -0.05) is 22.9 Å². The van der Waals surface area contributed by atoms with Gasteiger partial charge in [0.05, 0.1) is 15.2 Å². The highest BCUT2D eigenvalue weighted by molar-refractivity contribution is 7.22. The van der Waals surface area contributed by atoms with Crippen LogP contribution >= 0.6 is 22.9 Å². The van der Waals surface area contributed by atoms with Gasteiger partial charge in [-0.3, -0.25) is 4.79 Å². The Hall–Kier alpha value is -3.86. The van der Waals surface area contributed by atoms with Crippen LogP contribution in [0.5, 0.6) is 0 Å². The number of benzene rings is 1. The Morgan fingerprint density at radius 1 is 0.923 bits per heavy atom. The number of nitrogens with two attached hydrogens (primary N) is 1. The summed E-state index contributed by atoms with van der Waals surface area (Å²) in [6, 6.07) is 9.30. The zero-order valence-corrected chi connectivity index (χ0v) is 20.9. The summed E-state index contributed by atoms with van der Waals surface area (Å²) in [6.07, 6.45) is -8.52. The van der Waals surface area contributed by atoms with E-state index in [2.05, 4.69) is 14.9 Å². The van der Waals surface area contributed by atoms with Crippen molar-refractivity contribution in [3.05, 3.63) is 47.1 Å². The van der Waals surface area contributed by atoms with E-state index in [1.807, 2.05) is 35.2 Å². The molecule has 10 nitrogen and oxygen atoms in total. The summed E-state index contributed by atoms with van der Waals surface area (Å²) in [5, 5.41) is 15.4. The van der Waals surface area contributed by atoms with E-state index in [1.54, 1.807) is 6.20 Å². The largest absolute Gasteiger partial charge is 0.490 e. The maximum absolute atomic E-state index is 12.8. The van der Waals surface area contributed by atoms with Crippen molar-refractivity contribution < 1.29 is 50.9 Å². The normalized spacial score (nSPS) is 13.6. The molecule has 1 amide bonds. The van der Waals surface area contributed by atoms with E-state index >= 15 is 0 Å². The number of pyridine rings is 1. The standard InChI is InChI=1S/C17H16ClN5OS.2C2HF3O2/c18-12-2-4-15(20-10-12)22-5-7-23(8-6-22)16(24)11-1-3-14-13(9-11)21-17(19)25-14;2*3-2(4,5)1(6)7/h1-4,9-10H,5-8H2,(H2,19,21);2*(H,6,7). The maximum Gasteiger partial charge on any atom is 0.490 e. The van der Waals surface area contributed by atoms with Crippen LogP contribution in [-0.2, 0) is 9.59 Å². The molecule has 3 aromatic rings. The number of carbonyl (C=O) groups excluding carboxylic acids is 1. The summed E-state index contributed by atoms with van der Waals surface area (Å²) >= 11 is 7.31. The number of aliphatic carboxylic acids is 2. The number of hydrogen-bond acceptors (Lipinski definition) is 8. The quantitative estimate of drug-likeness (QED) is 0.368. The first kappa shape index (κ1) is 31.4. The molecule has 2 aromatic heterocycles. The second-order valence-corrected chi connectivity index (χ2v) is 8.95. The summed E-state index contributed by atoms with van der Waals surface area (Å²) in [5.74, 6) is -4.60. The van der Waals surface area contributed by atoms with Gasteiger partial charge in [-0.25, -0.2) is 19.6 Å². The fraction of sp³-hybridized carbons (Fsp3) is 0.286. The third-order valence-electron chi connectivity index (χ3n) is 4.74. The van der Waals surface area contributed by atoms with Gasteiger partial charge in [0.25, 0.3) is 5.91 Å². The van der Waals surface area contributed by atoms with Crippen molar-refractivity contribution in [2.24, 2.45) is 0 Å². The summed E-state index contributed by atoms with van der Waals surface area (Å²) < 4.78 is 64.5. The van der Waals surface area contributed by atoms with Gasteiger partial charge in [0.1, 0.15) is 5.82 Å². The van der Waals surface area contributed by atoms with Gasteiger partial charge < -0.3 is 25.7 Å². The van der Waals surface area contributed by atoms with Crippen molar-refractivity contribution in [2.45, 2.75) is 12.4 Å². The van der Waals surface area contributed by atoms with E-state index in [0.29, 0.717) is 28.8 Å². The number of anilines is 2. The van der Waals surface area contributed by atoms with E-state index in [9.17, 15) is 31.1 Å². The Balaban J connectivity index is 0.000000317. The van der Waals surface area contributed by atoms with Crippen LogP contribution in [0.25, 0.3) is 10.2 Å². The highest BCUT2D eigenvalue weighted by Crippen LogP contribution is 2.25. The minimum atomic E-state index is -5.08. The molecule has 1 fully saturated rings. The van der Waals surface area contributed by atoms with Gasteiger partial charge in [0.2, 0.25) is 0 Å². The molecule has 0 aliphatic carbocycles. The molecule has 212 valence electrons. The van der Waals surface area contributed by atoms with Crippen LogP contribution < -0.4 is 10.6 Å². The Labute approximate surface area is 224 Å². The number of piperazine rings is 1. The molecule has 39 heavy (non-hydrogen) atoms. The average Bonchev–Trinajstić information content (AvgIpc) is 3.23. The highest BCUT2D eigenvalue weighted by atomic mass is 35.5. The van der Waals surface area contributed by atoms with Crippen LogP contribution in [0, 0.1) is 0 Å². The SMILES string of the molecule is Nc1nc2cc(C(=O)N3CCN(c4ccc(Cl)cn4)CC3)ccc2s1.O=C(O)C(F)(F)F.O=C(O)C(F)(F)F. The lowest BCUT2D eigenvalue weighted by Crippen LogP contribution is -2.49. The summed E-state index contributed by atoms with van der Waals surface area (Å²) in [6.45, 7) is 2.79. The minimum absolute atomic E-state index is 0.0252. The molecule has 0 spiro atoms. The third kappa shape index (κ3) is 9.43. The molecule has 4 rings (SSSR count). The number of fused-ring (bicyclic) bond motifs is 1. The number of thiazole rings is 1. The molecule has 0 saturated carbocycles. The Morgan fingerprint density at radius 2 is 1.46 bits per heavy atom. The molecule has 18 heteroatoms. The number of rotatable bonds is 2. The molecular formula is C21H18ClF6N5O5S. The molecule has 4 N–H and O–H groups in total. The number of carboxylic acid groups (broad SMARTS) is 2. The fourth-order valence-electron chi connectivity index (χ4n) is 2.95. The lowest BCUT2D eigenvalue weighted by atomic mass is 10.1. The molecular weight excluding hydrogens is 584 g/mol. The van der Waals surface area contributed by atoms with Crippen LogP contribution in [0.4, 0.5) is 37.3 Å². The summed E-state index contributed by atoms with van der Waals surface area (Å²) in [4.78, 5) is 43.2. The highest BCUT2D eigenvalue weighted by Gasteiger charge is 2.38. The number of hydrogen-bond donors (Lipinski definition) is 3. The number of aromatic nitrogens is 2. The third-order valence-corrected chi connectivity index (χ3v) is 5.83. The van der Waals surface area contributed by atoms with Crippen LogP contribution in [0.3, 0.4) is 0 Å². The van der Waals surface area contributed by atoms with Crippen LogP contribution in [-0.4, -0.2) is 81.5 Å². The van der Waals surface area contributed by atoms with Gasteiger partial charge >= 0.3 is 24.3 Å². The van der Waals surface area contributed by atoms with Crippen molar-refractivity contribution in [3.8, 4) is 0 Å². The smallest absolute Gasteiger partial charge is 0.475 e. The number of carboxylic acids is 2. The predicted octanol–water partition coefficient (Wildman–Crippen LogP) is 4.16. The Morgan fingerprint density at radius 3 is 1.92 bits per heavy atom. The van der Waals surface area contributed by atoms with E-state index in [-0.39, 0.29) is 5.91 Å². The molecule has 3 heterocycles. The first-order valence-corrected chi connectivity index (χ1v) is 11.6. The lowest BCUT2D eigenvalue weighted by molar-refractivity contribution is -0.193. The van der Waals surface area contributed by atoms with Gasteiger partial charge in [0, 0.05) is 37.9 Å². The van der Waals surface area contributed by atoms with Crippen LogP contribution in [0.15, 0.2) is 36.5 Å². The van der Waals surface area contributed by atoms with Crippen molar-refractivity contribution in [2.75, 3.05) is 36.8 Å². The zero-order chi connectivity index (χ0) is 29.5. The summed E-state index contributed by atoms with van der Waals surface area (Å²) in [7, 11) is 0. The number of nitrogens with zero attached hydrogens (tertiary/aromatic N) is 4. The number of halogens is 7. The summed E-state index contributed by atoms with van der Waals surface area (Å²) in [5.41, 5.74) is 7.16. The maximum atomic E-state index is 12.8. The zero-order valence-electron chi connectivity index (χ0n) is 19.3. The number of nitrogen functional groups attached to an aromatic ring is 1. The average molecular weight is 602 g/mol. The molecule has 1 saturated heterocycles. The predicted molar refractivity (Wildman–Crippen MR) is 129 cm³/mol. The van der Waals surface area contributed by atoms with Gasteiger partial charge in [0.15, 0.2) is 5.13 Å².